The van der Waals surface area contributed by atoms with E-state index in [1.54, 1.807) is 0 Å². The SMILES string of the molecule is CN(C)CCCNC(=O)c1cnc(Nc2ccc(F)c(F)c2)cn1. The fraction of sp³-hybridized carbons (Fsp3) is 0.312. The lowest BCUT2D eigenvalue weighted by Gasteiger charge is -2.10. The number of hydrogen-bond acceptors (Lipinski definition) is 5. The van der Waals surface area contributed by atoms with Gasteiger partial charge in [-0.05, 0) is 39.2 Å². The van der Waals surface area contributed by atoms with Crippen LogP contribution in [0.15, 0.2) is 30.6 Å². The smallest absolute Gasteiger partial charge is 0.271 e. The standard InChI is InChI=1S/C16H19F2N5O/c1-23(2)7-3-6-19-16(24)14-9-21-15(10-20-14)22-11-4-5-12(17)13(18)8-11/h4-5,8-10H,3,6-7H2,1-2H3,(H,19,24)(H,21,22). The van der Waals surface area contributed by atoms with Crippen LogP contribution in [0.4, 0.5) is 20.3 Å². The third kappa shape index (κ3) is 5.24. The van der Waals surface area contributed by atoms with E-state index >= 15 is 0 Å². The van der Waals surface area contributed by atoms with Crippen molar-refractivity contribution in [3.05, 3.63) is 47.9 Å². The van der Waals surface area contributed by atoms with Crippen LogP contribution in [0.25, 0.3) is 0 Å². The summed E-state index contributed by atoms with van der Waals surface area (Å²) in [5, 5.41) is 5.54. The van der Waals surface area contributed by atoms with Gasteiger partial charge in [-0.3, -0.25) is 4.79 Å². The summed E-state index contributed by atoms with van der Waals surface area (Å²) in [4.78, 5) is 22.0. The van der Waals surface area contributed by atoms with Gasteiger partial charge in [0.15, 0.2) is 11.6 Å². The molecular formula is C16H19F2N5O. The van der Waals surface area contributed by atoms with E-state index in [0.717, 1.165) is 25.1 Å². The van der Waals surface area contributed by atoms with Crippen molar-refractivity contribution in [2.24, 2.45) is 0 Å². The van der Waals surface area contributed by atoms with Crippen molar-refractivity contribution >= 4 is 17.4 Å². The first-order valence-electron chi connectivity index (χ1n) is 7.43. The lowest BCUT2D eigenvalue weighted by Crippen LogP contribution is -2.27. The molecule has 2 aromatic rings. The van der Waals surface area contributed by atoms with E-state index in [2.05, 4.69) is 20.6 Å². The van der Waals surface area contributed by atoms with E-state index in [4.69, 9.17) is 0 Å². The van der Waals surface area contributed by atoms with Crippen LogP contribution < -0.4 is 10.6 Å². The number of halogens is 2. The molecule has 128 valence electrons. The van der Waals surface area contributed by atoms with Crippen LogP contribution in [0.3, 0.4) is 0 Å². The summed E-state index contributed by atoms with van der Waals surface area (Å²) in [6.45, 7) is 1.43. The summed E-state index contributed by atoms with van der Waals surface area (Å²) in [6, 6.07) is 3.41. The highest BCUT2D eigenvalue weighted by Crippen LogP contribution is 2.16. The van der Waals surface area contributed by atoms with Gasteiger partial charge in [0.25, 0.3) is 5.91 Å². The maximum atomic E-state index is 13.1. The fourth-order valence-corrected chi connectivity index (χ4v) is 1.92. The van der Waals surface area contributed by atoms with Crippen molar-refractivity contribution in [2.45, 2.75) is 6.42 Å². The average molecular weight is 335 g/mol. The summed E-state index contributed by atoms with van der Waals surface area (Å²) in [6.07, 6.45) is 3.52. The summed E-state index contributed by atoms with van der Waals surface area (Å²) < 4.78 is 26.0. The van der Waals surface area contributed by atoms with Gasteiger partial charge in [-0.15, -0.1) is 0 Å². The molecule has 0 aliphatic rings. The number of anilines is 2. The van der Waals surface area contributed by atoms with Gasteiger partial charge in [0.1, 0.15) is 11.5 Å². The number of rotatable bonds is 7. The van der Waals surface area contributed by atoms with Gasteiger partial charge in [0.05, 0.1) is 12.4 Å². The van der Waals surface area contributed by atoms with E-state index in [1.165, 1.54) is 18.5 Å². The number of nitrogens with one attached hydrogen (secondary N) is 2. The van der Waals surface area contributed by atoms with E-state index in [1.807, 2.05) is 19.0 Å². The monoisotopic (exact) mass is 335 g/mol. The molecule has 1 aromatic heterocycles. The zero-order valence-corrected chi connectivity index (χ0v) is 13.5. The lowest BCUT2D eigenvalue weighted by atomic mass is 10.3. The number of aromatic nitrogens is 2. The molecular weight excluding hydrogens is 316 g/mol. The van der Waals surface area contributed by atoms with Gasteiger partial charge in [0.2, 0.25) is 0 Å². The highest BCUT2D eigenvalue weighted by atomic mass is 19.2. The molecule has 24 heavy (non-hydrogen) atoms. The van der Waals surface area contributed by atoms with Crippen LogP contribution in [0.1, 0.15) is 16.9 Å². The van der Waals surface area contributed by atoms with Crippen LogP contribution in [0, 0.1) is 11.6 Å². The Labute approximate surface area is 138 Å². The first-order chi connectivity index (χ1) is 11.5. The molecule has 0 atom stereocenters. The Morgan fingerprint density at radius 3 is 2.58 bits per heavy atom. The van der Waals surface area contributed by atoms with Crippen LogP contribution in [0.5, 0.6) is 0 Å². The molecule has 0 saturated carbocycles. The van der Waals surface area contributed by atoms with E-state index in [9.17, 15) is 13.6 Å². The molecule has 0 aliphatic heterocycles. The van der Waals surface area contributed by atoms with Gasteiger partial charge in [-0.2, -0.15) is 0 Å². The topological polar surface area (TPSA) is 70.2 Å². The zero-order valence-electron chi connectivity index (χ0n) is 13.5. The molecule has 1 amide bonds. The van der Waals surface area contributed by atoms with Gasteiger partial charge in [0, 0.05) is 18.3 Å². The van der Waals surface area contributed by atoms with Gasteiger partial charge >= 0.3 is 0 Å². The summed E-state index contributed by atoms with van der Waals surface area (Å²) in [7, 11) is 3.93. The number of carbonyl (C=O) groups is 1. The maximum Gasteiger partial charge on any atom is 0.271 e. The fourth-order valence-electron chi connectivity index (χ4n) is 1.92. The van der Waals surface area contributed by atoms with Crippen LogP contribution in [0.2, 0.25) is 0 Å². The quantitative estimate of drug-likeness (QED) is 0.759. The Kier molecular flexibility index (Phi) is 6.14. The predicted molar refractivity (Wildman–Crippen MR) is 87.2 cm³/mol. The van der Waals surface area contributed by atoms with Crippen molar-refractivity contribution in [3.63, 3.8) is 0 Å². The number of nitrogens with zero attached hydrogens (tertiary/aromatic N) is 3. The predicted octanol–water partition coefficient (Wildman–Crippen LogP) is 2.18. The molecule has 0 saturated heterocycles. The first kappa shape index (κ1) is 17.7. The van der Waals surface area contributed by atoms with E-state index in [0.29, 0.717) is 18.1 Å². The zero-order chi connectivity index (χ0) is 17.5. The number of carbonyl (C=O) groups excluding carboxylic acids is 1. The second-order valence-corrected chi connectivity index (χ2v) is 5.45. The Morgan fingerprint density at radius 2 is 1.96 bits per heavy atom. The van der Waals surface area contributed by atoms with Crippen molar-refractivity contribution in [1.29, 1.82) is 0 Å². The Morgan fingerprint density at radius 1 is 1.17 bits per heavy atom. The number of benzene rings is 1. The van der Waals surface area contributed by atoms with Crippen LogP contribution >= 0.6 is 0 Å². The third-order valence-corrected chi connectivity index (χ3v) is 3.14. The average Bonchev–Trinajstić information content (AvgIpc) is 2.55. The van der Waals surface area contributed by atoms with Gasteiger partial charge in [-0.25, -0.2) is 18.7 Å². The molecule has 0 unspecified atom stereocenters. The second kappa shape index (κ2) is 8.30. The van der Waals surface area contributed by atoms with Crippen LogP contribution in [-0.2, 0) is 0 Å². The molecule has 0 bridgehead atoms. The highest BCUT2D eigenvalue weighted by Gasteiger charge is 2.08. The molecule has 1 aromatic carbocycles. The Hall–Kier alpha value is -2.61. The van der Waals surface area contributed by atoms with Crippen molar-refractivity contribution in [1.82, 2.24) is 20.2 Å². The molecule has 2 rings (SSSR count). The summed E-state index contributed by atoms with van der Waals surface area (Å²) in [5.41, 5.74) is 0.528. The van der Waals surface area contributed by atoms with Crippen molar-refractivity contribution in [3.8, 4) is 0 Å². The summed E-state index contributed by atoms with van der Waals surface area (Å²) in [5.74, 6) is -1.86. The van der Waals surface area contributed by atoms with E-state index in [-0.39, 0.29) is 11.6 Å². The largest absolute Gasteiger partial charge is 0.351 e. The molecule has 8 heteroatoms. The molecule has 2 N–H and O–H groups in total. The minimum absolute atomic E-state index is 0.190. The summed E-state index contributed by atoms with van der Waals surface area (Å²) >= 11 is 0. The van der Waals surface area contributed by atoms with Crippen molar-refractivity contribution in [2.75, 3.05) is 32.5 Å². The third-order valence-electron chi connectivity index (χ3n) is 3.14. The number of hydrogen-bond donors (Lipinski definition) is 2. The van der Waals surface area contributed by atoms with E-state index < -0.39 is 11.6 Å². The highest BCUT2D eigenvalue weighted by molar-refractivity contribution is 5.92. The molecule has 1 heterocycles. The molecule has 0 radical (unpaired) electrons. The molecule has 0 fully saturated rings. The van der Waals surface area contributed by atoms with Crippen molar-refractivity contribution < 1.29 is 13.6 Å². The van der Waals surface area contributed by atoms with Crippen LogP contribution in [-0.4, -0.2) is 48.0 Å². The lowest BCUT2D eigenvalue weighted by molar-refractivity contribution is 0.0947. The molecule has 6 nitrogen and oxygen atoms in total. The van der Waals surface area contributed by atoms with Gasteiger partial charge < -0.3 is 15.5 Å². The second-order valence-electron chi connectivity index (χ2n) is 5.45. The molecule has 0 aliphatic carbocycles. The minimum Gasteiger partial charge on any atom is -0.351 e. The minimum atomic E-state index is -0.957. The first-order valence-corrected chi connectivity index (χ1v) is 7.43. The molecule has 0 spiro atoms. The number of amides is 1. The Balaban J connectivity index is 1.90. The maximum absolute atomic E-state index is 13.1. The Bertz CT molecular complexity index is 691. The normalized spacial score (nSPS) is 10.7. The van der Waals surface area contributed by atoms with Gasteiger partial charge in [-0.1, -0.05) is 0 Å².